The van der Waals surface area contributed by atoms with Crippen LogP contribution in [-0.2, 0) is 14.8 Å². The van der Waals surface area contributed by atoms with Crippen LogP contribution in [0.25, 0.3) is 6.08 Å². The molecule has 0 heterocycles. The molecule has 2 aromatic rings. The third-order valence-corrected chi connectivity index (χ3v) is 5.60. The smallest absolute Gasteiger partial charge is 0.236 e. The maximum Gasteiger partial charge on any atom is 0.236 e. The first kappa shape index (κ1) is 21.8. The van der Waals surface area contributed by atoms with Gasteiger partial charge in [-0.2, -0.15) is 4.31 Å². The Kier molecular flexibility index (Phi) is 7.92. The van der Waals surface area contributed by atoms with E-state index in [1.54, 1.807) is 0 Å². The van der Waals surface area contributed by atoms with Gasteiger partial charge in [-0.05, 0) is 31.3 Å². The fourth-order valence-corrected chi connectivity index (χ4v) is 3.48. The van der Waals surface area contributed by atoms with Crippen molar-refractivity contribution in [1.82, 2.24) is 14.5 Å². The molecule has 2 rings (SSSR count). The van der Waals surface area contributed by atoms with Crippen molar-refractivity contribution in [3.05, 3.63) is 77.2 Å². The van der Waals surface area contributed by atoms with E-state index in [-0.39, 0.29) is 18.5 Å². The average Bonchev–Trinajstić information content (AvgIpc) is 2.67. The summed E-state index contributed by atoms with van der Waals surface area (Å²) >= 11 is 0. The largest absolute Gasteiger partial charge is 0.347 e. The Labute approximate surface area is 167 Å². The lowest BCUT2D eigenvalue weighted by molar-refractivity contribution is -0.122. The lowest BCUT2D eigenvalue weighted by atomic mass is 10.1. The molecule has 1 amide bonds. The van der Waals surface area contributed by atoms with Crippen LogP contribution in [0.4, 0.5) is 0 Å². The number of likely N-dealkylation sites (N-methyl/N-ethyl adjacent to an activating group) is 2. The summed E-state index contributed by atoms with van der Waals surface area (Å²) in [4.78, 5) is 14.5. The van der Waals surface area contributed by atoms with Gasteiger partial charge in [-0.1, -0.05) is 60.7 Å². The molecule has 150 valence electrons. The summed E-state index contributed by atoms with van der Waals surface area (Å²) in [6, 6.07) is 18.5. The number of carbonyl (C=O) groups excluding carboxylic acids is 1. The van der Waals surface area contributed by atoms with E-state index in [4.69, 9.17) is 0 Å². The summed E-state index contributed by atoms with van der Waals surface area (Å²) in [5.41, 5.74) is 1.75. The molecule has 0 aliphatic carbocycles. The Morgan fingerprint density at radius 3 is 2.14 bits per heavy atom. The molecule has 28 heavy (non-hydrogen) atoms. The number of amides is 1. The molecule has 0 aliphatic rings. The number of carbonyl (C=O) groups is 1. The van der Waals surface area contributed by atoms with Gasteiger partial charge in [0.15, 0.2) is 0 Å². The topological polar surface area (TPSA) is 69.7 Å². The highest BCUT2D eigenvalue weighted by atomic mass is 32.2. The molecule has 1 N–H and O–H groups in total. The summed E-state index contributed by atoms with van der Waals surface area (Å²) in [6.45, 7) is 0.359. The molecule has 0 spiro atoms. The fraction of sp³-hybridized carbons (Fsp3) is 0.286. The van der Waals surface area contributed by atoms with Gasteiger partial charge in [-0.3, -0.25) is 4.79 Å². The number of benzene rings is 2. The molecule has 0 fully saturated rings. The second kappa shape index (κ2) is 10.2. The highest BCUT2D eigenvalue weighted by molar-refractivity contribution is 7.92. The summed E-state index contributed by atoms with van der Waals surface area (Å²) in [7, 11) is 1.55. The zero-order chi connectivity index (χ0) is 20.6. The summed E-state index contributed by atoms with van der Waals surface area (Å²) in [5.74, 6) is -0.352. The normalized spacial score (nSPS) is 13.2. The SMILES string of the molecule is CN(C)C[C@@H](NC(=O)CN(C)S(=O)(=O)/C=C/c1ccccc1)c1ccccc1. The number of hydrogen-bond acceptors (Lipinski definition) is 4. The zero-order valence-corrected chi connectivity index (χ0v) is 17.3. The van der Waals surface area contributed by atoms with Crippen LogP contribution >= 0.6 is 0 Å². The lowest BCUT2D eigenvalue weighted by Crippen LogP contribution is -2.41. The highest BCUT2D eigenvalue weighted by Crippen LogP contribution is 2.13. The Morgan fingerprint density at radius 2 is 1.57 bits per heavy atom. The van der Waals surface area contributed by atoms with Crippen LogP contribution in [0.5, 0.6) is 0 Å². The molecule has 0 unspecified atom stereocenters. The predicted octanol–water partition coefficient (Wildman–Crippen LogP) is 2.34. The number of rotatable bonds is 9. The Bertz CT molecular complexity index is 882. The second-order valence-electron chi connectivity index (χ2n) is 6.81. The van der Waals surface area contributed by atoms with Gasteiger partial charge in [0.2, 0.25) is 15.9 Å². The van der Waals surface area contributed by atoms with E-state index >= 15 is 0 Å². The number of nitrogens with zero attached hydrogens (tertiary/aromatic N) is 2. The van der Waals surface area contributed by atoms with Gasteiger partial charge >= 0.3 is 0 Å². The highest BCUT2D eigenvalue weighted by Gasteiger charge is 2.21. The molecule has 1 atom stereocenters. The summed E-state index contributed by atoms with van der Waals surface area (Å²) < 4.78 is 25.9. The van der Waals surface area contributed by atoms with Gasteiger partial charge in [-0.25, -0.2) is 8.42 Å². The van der Waals surface area contributed by atoms with Crippen LogP contribution < -0.4 is 5.32 Å². The molecular weight excluding hydrogens is 374 g/mol. The van der Waals surface area contributed by atoms with E-state index in [2.05, 4.69) is 5.32 Å². The minimum absolute atomic E-state index is 0.223. The first-order valence-corrected chi connectivity index (χ1v) is 10.5. The molecule has 0 saturated carbocycles. The van der Waals surface area contributed by atoms with E-state index in [1.165, 1.54) is 13.1 Å². The average molecular weight is 402 g/mol. The standard InChI is InChI=1S/C21H27N3O3S/c1-23(2)16-20(19-12-8-5-9-13-19)22-21(25)17-24(3)28(26,27)15-14-18-10-6-4-7-11-18/h4-15,20H,16-17H2,1-3H3,(H,22,25)/b15-14+/t20-/m1/s1. The second-order valence-corrected chi connectivity index (χ2v) is 8.73. The molecule has 7 heteroatoms. The van der Waals surface area contributed by atoms with Crippen molar-refractivity contribution in [2.45, 2.75) is 6.04 Å². The minimum atomic E-state index is -3.70. The fourth-order valence-electron chi connectivity index (χ4n) is 2.65. The van der Waals surface area contributed by atoms with Crippen LogP contribution in [0.2, 0.25) is 0 Å². The first-order valence-electron chi connectivity index (χ1n) is 8.96. The van der Waals surface area contributed by atoms with E-state index in [0.29, 0.717) is 6.54 Å². The van der Waals surface area contributed by atoms with Gasteiger partial charge in [0.25, 0.3) is 0 Å². The Hall–Kier alpha value is -2.48. The van der Waals surface area contributed by atoms with E-state index in [0.717, 1.165) is 20.8 Å². The third-order valence-electron chi connectivity index (χ3n) is 4.12. The van der Waals surface area contributed by atoms with Gasteiger partial charge in [0, 0.05) is 19.0 Å². The van der Waals surface area contributed by atoms with Gasteiger partial charge in [0.05, 0.1) is 12.6 Å². The van der Waals surface area contributed by atoms with Crippen molar-refractivity contribution in [3.63, 3.8) is 0 Å². The molecule has 2 aromatic carbocycles. The van der Waals surface area contributed by atoms with Crippen molar-refractivity contribution in [1.29, 1.82) is 0 Å². The third kappa shape index (κ3) is 6.92. The molecule has 6 nitrogen and oxygen atoms in total. The van der Waals surface area contributed by atoms with Crippen molar-refractivity contribution in [3.8, 4) is 0 Å². The van der Waals surface area contributed by atoms with Crippen LogP contribution in [0.1, 0.15) is 17.2 Å². The maximum absolute atomic E-state index is 12.5. The minimum Gasteiger partial charge on any atom is -0.347 e. The van der Waals surface area contributed by atoms with Crippen LogP contribution in [0.15, 0.2) is 66.1 Å². The van der Waals surface area contributed by atoms with E-state index in [9.17, 15) is 13.2 Å². The maximum atomic E-state index is 12.5. The molecule has 0 radical (unpaired) electrons. The number of hydrogen-bond donors (Lipinski definition) is 1. The molecule has 0 aliphatic heterocycles. The van der Waals surface area contributed by atoms with Crippen LogP contribution in [0, 0.1) is 0 Å². The summed E-state index contributed by atoms with van der Waals surface area (Å²) in [5, 5.41) is 4.05. The van der Waals surface area contributed by atoms with Crippen molar-refractivity contribution >= 4 is 22.0 Å². The van der Waals surface area contributed by atoms with Crippen molar-refractivity contribution in [2.75, 3.05) is 34.2 Å². The van der Waals surface area contributed by atoms with Crippen molar-refractivity contribution < 1.29 is 13.2 Å². The zero-order valence-electron chi connectivity index (χ0n) is 16.4. The summed E-state index contributed by atoms with van der Waals surface area (Å²) in [6.07, 6.45) is 1.52. The molecule has 0 bridgehead atoms. The van der Waals surface area contributed by atoms with Gasteiger partial charge in [-0.15, -0.1) is 0 Å². The number of sulfonamides is 1. The predicted molar refractivity (Wildman–Crippen MR) is 113 cm³/mol. The van der Waals surface area contributed by atoms with E-state index < -0.39 is 10.0 Å². The quantitative estimate of drug-likeness (QED) is 0.700. The molecule has 0 aromatic heterocycles. The first-order chi connectivity index (χ1) is 13.3. The molecule has 0 saturated heterocycles. The van der Waals surface area contributed by atoms with Gasteiger partial charge in [0.1, 0.15) is 0 Å². The number of nitrogens with one attached hydrogen (secondary N) is 1. The Morgan fingerprint density at radius 1 is 1.00 bits per heavy atom. The Balaban J connectivity index is 2.02. The van der Waals surface area contributed by atoms with Gasteiger partial charge < -0.3 is 10.2 Å². The van der Waals surface area contributed by atoms with Crippen LogP contribution in [-0.4, -0.2) is 57.8 Å². The van der Waals surface area contributed by atoms with E-state index in [1.807, 2.05) is 79.7 Å². The molecular formula is C21H27N3O3S. The van der Waals surface area contributed by atoms with Crippen molar-refractivity contribution in [2.24, 2.45) is 0 Å². The van der Waals surface area contributed by atoms with Crippen LogP contribution in [0.3, 0.4) is 0 Å². The monoisotopic (exact) mass is 401 g/mol. The lowest BCUT2D eigenvalue weighted by Gasteiger charge is -2.24.